The maximum absolute atomic E-state index is 12.4. The number of aryl methyl sites for hydroxylation is 2. The van der Waals surface area contributed by atoms with Crippen molar-refractivity contribution in [2.24, 2.45) is 0 Å². The molecular weight excluding hydrogens is 308 g/mol. The molecule has 4 nitrogen and oxygen atoms in total. The van der Waals surface area contributed by atoms with Crippen LogP contribution in [0.1, 0.15) is 11.1 Å². The zero-order chi connectivity index (χ0) is 15.7. The first-order valence-corrected chi connectivity index (χ1v) is 9.61. The molecule has 0 aromatic heterocycles. The Balaban J connectivity index is 2.46. The van der Waals surface area contributed by atoms with Crippen molar-refractivity contribution in [3.63, 3.8) is 0 Å². The van der Waals surface area contributed by atoms with E-state index in [-0.39, 0.29) is 9.79 Å². The molecule has 2 rings (SSSR count). The average molecular weight is 324 g/mol. The first kappa shape index (κ1) is 15.7. The number of benzene rings is 2. The van der Waals surface area contributed by atoms with Crippen LogP contribution in [-0.4, -0.2) is 21.9 Å². The highest BCUT2D eigenvalue weighted by Crippen LogP contribution is 2.22. The number of hydrogen-bond acceptors (Lipinski definition) is 4. The largest absolute Gasteiger partial charge is 0.223 e. The van der Waals surface area contributed by atoms with E-state index < -0.39 is 24.8 Å². The zero-order valence-electron chi connectivity index (χ0n) is 11.8. The molecule has 0 fully saturated rings. The van der Waals surface area contributed by atoms with Crippen molar-refractivity contribution in [1.29, 1.82) is 0 Å². The molecule has 0 aliphatic rings. The van der Waals surface area contributed by atoms with Crippen molar-refractivity contribution >= 4 is 19.7 Å². The minimum Gasteiger partial charge on any atom is -0.223 e. The highest BCUT2D eigenvalue weighted by molar-refractivity contribution is 8.08. The van der Waals surface area contributed by atoms with Crippen LogP contribution < -0.4 is 0 Å². The number of rotatable bonds is 4. The smallest absolute Gasteiger partial charge is 0.193 e. The molecule has 0 amide bonds. The van der Waals surface area contributed by atoms with Gasteiger partial charge in [-0.2, -0.15) is 0 Å². The van der Waals surface area contributed by atoms with Gasteiger partial charge in [0, 0.05) is 0 Å². The molecule has 0 aliphatic carbocycles. The van der Waals surface area contributed by atoms with Crippen LogP contribution in [0.15, 0.2) is 58.3 Å². The number of sulfone groups is 2. The predicted octanol–water partition coefficient (Wildman–Crippen LogP) is 2.51. The van der Waals surface area contributed by atoms with Crippen LogP contribution in [0.4, 0.5) is 0 Å². The Morgan fingerprint density at radius 2 is 1.00 bits per heavy atom. The van der Waals surface area contributed by atoms with Crippen LogP contribution >= 0.6 is 0 Å². The summed E-state index contributed by atoms with van der Waals surface area (Å²) in [4.78, 5) is 0.115. The van der Waals surface area contributed by atoms with Crippen molar-refractivity contribution in [1.82, 2.24) is 0 Å². The van der Waals surface area contributed by atoms with Crippen LogP contribution in [0.5, 0.6) is 0 Å². The van der Waals surface area contributed by atoms with E-state index >= 15 is 0 Å². The van der Waals surface area contributed by atoms with Gasteiger partial charge in [-0.05, 0) is 37.1 Å². The third-order valence-electron chi connectivity index (χ3n) is 3.17. The molecule has 0 atom stereocenters. The normalized spacial score (nSPS) is 12.3. The Bertz CT molecular complexity index is 793. The lowest BCUT2D eigenvalue weighted by Crippen LogP contribution is -2.18. The van der Waals surface area contributed by atoms with Crippen molar-refractivity contribution in [3.8, 4) is 0 Å². The van der Waals surface area contributed by atoms with E-state index in [0.29, 0.717) is 11.1 Å². The molecule has 0 heterocycles. The van der Waals surface area contributed by atoms with Crippen LogP contribution in [0, 0.1) is 13.8 Å². The van der Waals surface area contributed by atoms with E-state index in [1.165, 1.54) is 12.1 Å². The first-order chi connectivity index (χ1) is 9.74. The van der Waals surface area contributed by atoms with Crippen molar-refractivity contribution in [3.05, 3.63) is 59.7 Å². The summed E-state index contributed by atoms with van der Waals surface area (Å²) in [6.45, 7) is 3.29. The Labute approximate surface area is 125 Å². The molecule has 6 heteroatoms. The monoisotopic (exact) mass is 324 g/mol. The van der Waals surface area contributed by atoms with Crippen molar-refractivity contribution in [2.75, 3.05) is 5.08 Å². The van der Waals surface area contributed by atoms with Gasteiger partial charge >= 0.3 is 0 Å². The molecule has 112 valence electrons. The van der Waals surface area contributed by atoms with E-state index in [0.717, 1.165) is 0 Å². The van der Waals surface area contributed by atoms with Gasteiger partial charge in [0.2, 0.25) is 0 Å². The fourth-order valence-electron chi connectivity index (χ4n) is 2.14. The van der Waals surface area contributed by atoms with E-state index in [9.17, 15) is 16.8 Å². The second-order valence-corrected chi connectivity index (χ2v) is 9.16. The third kappa shape index (κ3) is 3.33. The lowest BCUT2D eigenvalue weighted by atomic mass is 10.2. The molecule has 2 aromatic carbocycles. The maximum atomic E-state index is 12.4. The molecule has 2 aromatic rings. The van der Waals surface area contributed by atoms with Crippen LogP contribution in [0.2, 0.25) is 0 Å². The summed E-state index contributed by atoms with van der Waals surface area (Å²) >= 11 is 0. The molecule has 0 unspecified atom stereocenters. The molecule has 0 radical (unpaired) electrons. The van der Waals surface area contributed by atoms with E-state index in [4.69, 9.17) is 0 Å². The van der Waals surface area contributed by atoms with Crippen LogP contribution in [-0.2, 0) is 19.7 Å². The Morgan fingerprint density at radius 3 is 1.33 bits per heavy atom. The topological polar surface area (TPSA) is 68.3 Å². The average Bonchev–Trinajstić information content (AvgIpc) is 2.38. The fourth-order valence-corrected chi connectivity index (χ4v) is 6.48. The summed E-state index contributed by atoms with van der Waals surface area (Å²) < 4.78 is 49.5. The minimum atomic E-state index is -3.90. The molecule has 0 spiro atoms. The van der Waals surface area contributed by atoms with Gasteiger partial charge < -0.3 is 0 Å². The van der Waals surface area contributed by atoms with Crippen LogP contribution in [0.25, 0.3) is 0 Å². The fraction of sp³-hybridized carbons (Fsp3) is 0.200. The predicted molar refractivity (Wildman–Crippen MR) is 81.6 cm³/mol. The van der Waals surface area contributed by atoms with E-state index in [2.05, 4.69) is 0 Å². The van der Waals surface area contributed by atoms with E-state index in [1.807, 2.05) is 0 Å². The summed E-state index contributed by atoms with van der Waals surface area (Å²) in [6, 6.07) is 12.7. The zero-order valence-corrected chi connectivity index (χ0v) is 13.4. The number of hydrogen-bond donors (Lipinski definition) is 0. The van der Waals surface area contributed by atoms with E-state index in [1.54, 1.807) is 50.2 Å². The molecule has 0 N–H and O–H groups in total. The first-order valence-electron chi connectivity index (χ1n) is 6.31. The van der Waals surface area contributed by atoms with Gasteiger partial charge in [-0.1, -0.05) is 36.4 Å². The highest BCUT2D eigenvalue weighted by Gasteiger charge is 2.27. The lowest BCUT2D eigenvalue weighted by Gasteiger charge is -2.10. The Morgan fingerprint density at radius 1 is 0.667 bits per heavy atom. The lowest BCUT2D eigenvalue weighted by molar-refractivity contribution is 0.588. The SMILES string of the molecule is Cc1ccccc1S(=O)(=O)CS(=O)(=O)c1ccccc1C. The molecule has 0 bridgehead atoms. The summed E-state index contributed by atoms with van der Waals surface area (Å²) in [5, 5.41) is -0.921. The molecule has 0 aliphatic heterocycles. The molecule has 0 saturated heterocycles. The Kier molecular flexibility index (Phi) is 4.20. The maximum Gasteiger partial charge on any atom is 0.193 e. The second kappa shape index (κ2) is 5.61. The Hall–Kier alpha value is -1.66. The standard InChI is InChI=1S/C15H16O4S2/c1-12-7-3-5-9-14(12)20(16,17)11-21(18,19)15-10-6-4-8-13(15)2/h3-10H,11H2,1-2H3. The molecular formula is C15H16O4S2. The summed E-state index contributed by atoms with van der Waals surface area (Å²) in [5.41, 5.74) is 1.08. The van der Waals surface area contributed by atoms with Gasteiger partial charge in [0.25, 0.3) is 0 Å². The summed E-state index contributed by atoms with van der Waals surface area (Å²) in [7, 11) is -7.80. The van der Waals surface area contributed by atoms with Gasteiger partial charge in [-0.25, -0.2) is 16.8 Å². The van der Waals surface area contributed by atoms with Gasteiger partial charge in [-0.15, -0.1) is 0 Å². The second-order valence-electron chi connectivity index (χ2n) is 4.88. The van der Waals surface area contributed by atoms with Gasteiger partial charge in [0.1, 0.15) is 0 Å². The minimum absolute atomic E-state index is 0.0576. The summed E-state index contributed by atoms with van der Waals surface area (Å²) in [5.74, 6) is 0. The molecule has 0 saturated carbocycles. The highest BCUT2D eigenvalue weighted by atomic mass is 32.3. The van der Waals surface area contributed by atoms with Gasteiger partial charge in [0.15, 0.2) is 24.8 Å². The summed E-state index contributed by atoms with van der Waals surface area (Å²) in [6.07, 6.45) is 0. The van der Waals surface area contributed by atoms with Gasteiger partial charge in [-0.3, -0.25) is 0 Å². The quantitative estimate of drug-likeness (QED) is 0.866. The van der Waals surface area contributed by atoms with Crippen LogP contribution in [0.3, 0.4) is 0 Å². The van der Waals surface area contributed by atoms with Gasteiger partial charge in [0.05, 0.1) is 9.79 Å². The third-order valence-corrected chi connectivity index (χ3v) is 7.91. The molecule has 21 heavy (non-hydrogen) atoms. The van der Waals surface area contributed by atoms with Crippen molar-refractivity contribution < 1.29 is 16.8 Å². The van der Waals surface area contributed by atoms with Crippen molar-refractivity contribution in [2.45, 2.75) is 23.6 Å².